The van der Waals surface area contributed by atoms with Crippen molar-refractivity contribution in [1.82, 2.24) is 19.6 Å². The second kappa shape index (κ2) is 15.0. The number of benzene rings is 3. The number of rotatable bonds is 13. The lowest BCUT2D eigenvalue weighted by Gasteiger charge is -2.46. The molecule has 2 aromatic heterocycles. The number of hydrogen-bond donors (Lipinski definition) is 1. The second-order valence-electron chi connectivity index (χ2n) is 13.5. The third-order valence-corrected chi connectivity index (χ3v) is 14.6. The minimum absolute atomic E-state index is 0.0111. The summed E-state index contributed by atoms with van der Waals surface area (Å²) in [4.78, 5) is 13.1. The SMILES string of the molecule is COc1ccc([Si](C)(C)C(CCn2cc(C(CO)c3ccccc3)nn2)[C@H]2Oc3ccc(-n4cccc(OC)c4=O)cc3[C@@H](OC)[C@@H]2C)cc1. The molecule has 3 heterocycles. The number of aromatic nitrogens is 4. The first-order chi connectivity index (χ1) is 24.2. The molecule has 0 bridgehead atoms. The van der Waals surface area contributed by atoms with Crippen molar-refractivity contribution in [3.63, 3.8) is 0 Å². The van der Waals surface area contributed by atoms with E-state index in [-0.39, 0.29) is 47.5 Å². The van der Waals surface area contributed by atoms with Crippen LogP contribution in [-0.4, -0.2) is 66.8 Å². The molecule has 0 saturated heterocycles. The van der Waals surface area contributed by atoms with E-state index < -0.39 is 8.07 Å². The molecule has 262 valence electrons. The van der Waals surface area contributed by atoms with Gasteiger partial charge in [0.2, 0.25) is 0 Å². The van der Waals surface area contributed by atoms with E-state index in [2.05, 4.69) is 42.5 Å². The van der Waals surface area contributed by atoms with Gasteiger partial charge in [-0.15, -0.1) is 5.10 Å². The van der Waals surface area contributed by atoms with Gasteiger partial charge in [0.05, 0.1) is 46.6 Å². The fourth-order valence-corrected chi connectivity index (χ4v) is 10.9. The molecule has 2 unspecified atom stereocenters. The van der Waals surface area contributed by atoms with Crippen LogP contribution in [0.15, 0.2) is 102 Å². The molecule has 3 aromatic carbocycles. The zero-order chi connectivity index (χ0) is 35.4. The molecule has 5 atom stereocenters. The molecule has 0 radical (unpaired) electrons. The normalized spacial score (nSPS) is 18.5. The second-order valence-corrected chi connectivity index (χ2v) is 18.2. The highest BCUT2D eigenvalue weighted by Crippen LogP contribution is 2.47. The van der Waals surface area contributed by atoms with Gasteiger partial charge in [0, 0.05) is 43.2 Å². The molecular formula is C39H46N4O6Si. The Bertz CT molecular complexity index is 1940. The van der Waals surface area contributed by atoms with Crippen molar-refractivity contribution in [2.24, 2.45) is 5.92 Å². The number of pyridine rings is 1. The Kier molecular flexibility index (Phi) is 10.6. The van der Waals surface area contributed by atoms with E-state index in [1.54, 1.807) is 37.1 Å². The minimum atomic E-state index is -2.24. The van der Waals surface area contributed by atoms with E-state index in [1.165, 1.54) is 12.3 Å². The van der Waals surface area contributed by atoms with E-state index in [4.69, 9.17) is 18.9 Å². The summed E-state index contributed by atoms with van der Waals surface area (Å²) in [7, 11) is 2.67. The maximum absolute atomic E-state index is 13.1. The van der Waals surface area contributed by atoms with Crippen molar-refractivity contribution < 1.29 is 24.1 Å². The molecule has 1 N–H and O–H groups in total. The van der Waals surface area contributed by atoms with Gasteiger partial charge in [0.15, 0.2) is 5.75 Å². The van der Waals surface area contributed by atoms with Gasteiger partial charge in [0.25, 0.3) is 5.56 Å². The Morgan fingerprint density at radius 1 is 0.960 bits per heavy atom. The molecule has 11 heteroatoms. The Balaban J connectivity index is 1.34. The molecule has 0 amide bonds. The Hall–Kier alpha value is -4.71. The topological polar surface area (TPSA) is 110 Å². The van der Waals surface area contributed by atoms with Crippen LogP contribution in [0.2, 0.25) is 18.6 Å². The van der Waals surface area contributed by atoms with E-state index in [0.29, 0.717) is 12.2 Å². The quantitative estimate of drug-likeness (QED) is 0.156. The van der Waals surface area contributed by atoms with Crippen LogP contribution < -0.4 is 25.0 Å². The van der Waals surface area contributed by atoms with Crippen molar-refractivity contribution in [2.75, 3.05) is 27.9 Å². The Morgan fingerprint density at radius 2 is 1.72 bits per heavy atom. The number of aryl methyl sites for hydroxylation is 1. The summed E-state index contributed by atoms with van der Waals surface area (Å²) in [6.07, 6.45) is 4.05. The first-order valence-corrected chi connectivity index (χ1v) is 20.1. The highest BCUT2D eigenvalue weighted by molar-refractivity contribution is 6.91. The largest absolute Gasteiger partial charge is 0.497 e. The van der Waals surface area contributed by atoms with Crippen molar-refractivity contribution in [2.45, 2.75) is 56.7 Å². The monoisotopic (exact) mass is 694 g/mol. The number of hydrogen-bond acceptors (Lipinski definition) is 8. The zero-order valence-corrected chi connectivity index (χ0v) is 30.5. The van der Waals surface area contributed by atoms with Gasteiger partial charge in [-0.2, -0.15) is 0 Å². The molecule has 1 aliphatic heterocycles. The van der Waals surface area contributed by atoms with Crippen LogP contribution in [0.5, 0.6) is 17.2 Å². The van der Waals surface area contributed by atoms with Crippen LogP contribution in [0, 0.1) is 5.92 Å². The summed E-state index contributed by atoms with van der Waals surface area (Å²) in [6.45, 7) is 7.56. The van der Waals surface area contributed by atoms with Crippen LogP contribution in [0.25, 0.3) is 5.69 Å². The molecule has 0 spiro atoms. The molecule has 6 rings (SSSR count). The van der Waals surface area contributed by atoms with Crippen molar-refractivity contribution in [1.29, 1.82) is 0 Å². The third kappa shape index (κ3) is 6.85. The minimum Gasteiger partial charge on any atom is -0.497 e. The summed E-state index contributed by atoms with van der Waals surface area (Å²) in [6, 6.07) is 27.6. The van der Waals surface area contributed by atoms with E-state index in [0.717, 1.165) is 34.7 Å². The molecule has 10 nitrogen and oxygen atoms in total. The fourth-order valence-electron chi connectivity index (χ4n) is 7.43. The summed E-state index contributed by atoms with van der Waals surface area (Å²) in [5.74, 6) is 1.59. The van der Waals surface area contributed by atoms with Gasteiger partial charge in [-0.3, -0.25) is 14.0 Å². The number of nitrogens with zero attached hydrogens (tertiary/aromatic N) is 4. The maximum Gasteiger partial charge on any atom is 0.297 e. The molecule has 1 aliphatic rings. The predicted molar refractivity (Wildman–Crippen MR) is 196 cm³/mol. The third-order valence-electron chi connectivity index (χ3n) is 10.3. The predicted octanol–water partition coefficient (Wildman–Crippen LogP) is 5.73. The highest BCUT2D eigenvalue weighted by Gasteiger charge is 2.47. The van der Waals surface area contributed by atoms with Crippen molar-refractivity contribution >= 4 is 13.3 Å². The smallest absolute Gasteiger partial charge is 0.297 e. The first-order valence-electron chi connectivity index (χ1n) is 17.0. The average molecular weight is 695 g/mol. The lowest BCUT2D eigenvalue weighted by Crippen LogP contribution is -2.54. The van der Waals surface area contributed by atoms with Crippen LogP contribution >= 0.6 is 0 Å². The van der Waals surface area contributed by atoms with Gasteiger partial charge in [-0.05, 0) is 60.0 Å². The van der Waals surface area contributed by atoms with Crippen LogP contribution in [0.4, 0.5) is 0 Å². The highest BCUT2D eigenvalue weighted by atomic mass is 28.3. The number of methoxy groups -OCH3 is 3. The zero-order valence-electron chi connectivity index (χ0n) is 29.5. The average Bonchev–Trinajstić information content (AvgIpc) is 3.61. The standard InChI is InChI=1S/C39H46N4O6Si/c1-26-37(48-4)31-23-28(43-21-10-13-35(47-3)39(43)45)14-19-34(31)49-38(26)36(50(5,6)30-17-15-29(46-2)16-18-30)20-22-42-24-33(40-41-42)32(25-44)27-11-8-7-9-12-27/h7-19,21,23-24,26,32,36-38,44H,20,22,25H2,1-6H3/t26-,32?,36?,37-,38-/m0/s1. The van der Waals surface area contributed by atoms with Gasteiger partial charge in [0.1, 0.15) is 17.6 Å². The molecule has 0 fully saturated rings. The molecule has 0 aliphatic carbocycles. The lowest BCUT2D eigenvalue weighted by molar-refractivity contribution is -0.0234. The molecule has 5 aromatic rings. The van der Waals surface area contributed by atoms with Crippen molar-refractivity contribution in [3.8, 4) is 22.9 Å². The first kappa shape index (κ1) is 35.1. The molecule has 0 saturated carbocycles. The van der Waals surface area contributed by atoms with E-state index in [1.807, 2.05) is 71.5 Å². The molecular weight excluding hydrogens is 649 g/mol. The summed E-state index contributed by atoms with van der Waals surface area (Å²) in [5, 5.41) is 20.5. The van der Waals surface area contributed by atoms with E-state index >= 15 is 0 Å². The lowest BCUT2D eigenvalue weighted by atomic mass is 9.86. The summed E-state index contributed by atoms with van der Waals surface area (Å²) >= 11 is 0. The van der Waals surface area contributed by atoms with Crippen LogP contribution in [0.1, 0.15) is 42.2 Å². The summed E-state index contributed by atoms with van der Waals surface area (Å²) in [5.41, 5.74) is 3.27. The number of aliphatic hydroxyl groups excluding tert-OH is 1. The van der Waals surface area contributed by atoms with Crippen LogP contribution in [-0.2, 0) is 11.3 Å². The fraction of sp³-hybridized carbons (Fsp3) is 0.359. The van der Waals surface area contributed by atoms with Crippen LogP contribution in [0.3, 0.4) is 0 Å². The Labute approximate surface area is 294 Å². The number of fused-ring (bicyclic) bond motifs is 1. The van der Waals surface area contributed by atoms with Crippen molar-refractivity contribution in [3.05, 3.63) is 124 Å². The summed E-state index contributed by atoms with van der Waals surface area (Å²) < 4.78 is 27.5. The van der Waals surface area contributed by atoms with E-state index in [9.17, 15) is 9.90 Å². The van der Waals surface area contributed by atoms with Gasteiger partial charge in [-0.25, -0.2) is 0 Å². The number of aliphatic hydroxyl groups is 1. The molecule has 50 heavy (non-hydrogen) atoms. The van der Waals surface area contributed by atoms with Gasteiger partial charge in [-0.1, -0.05) is 72.9 Å². The van der Waals surface area contributed by atoms with Gasteiger partial charge >= 0.3 is 0 Å². The van der Waals surface area contributed by atoms with Gasteiger partial charge < -0.3 is 24.1 Å². The Morgan fingerprint density at radius 3 is 2.40 bits per heavy atom. The number of ether oxygens (including phenoxy) is 4. The maximum atomic E-state index is 13.1.